The third-order valence-corrected chi connectivity index (χ3v) is 3.80. The summed E-state index contributed by atoms with van der Waals surface area (Å²) in [7, 11) is 1.96. The van der Waals surface area contributed by atoms with Crippen molar-refractivity contribution in [1.29, 1.82) is 0 Å². The molecule has 8 heteroatoms. The fourth-order valence-electron chi connectivity index (χ4n) is 2.41. The molecule has 1 aromatic heterocycles. The summed E-state index contributed by atoms with van der Waals surface area (Å²) in [6.45, 7) is 1.42. The third-order valence-electron chi connectivity index (χ3n) is 3.80. The predicted molar refractivity (Wildman–Crippen MR) is 77.4 cm³/mol. The zero-order valence-electron chi connectivity index (χ0n) is 11.8. The van der Waals surface area contributed by atoms with Crippen LogP contribution in [0.3, 0.4) is 0 Å². The van der Waals surface area contributed by atoms with Gasteiger partial charge < -0.3 is 26.1 Å². The van der Waals surface area contributed by atoms with Crippen LogP contribution in [-0.4, -0.2) is 52.5 Å². The lowest BCUT2D eigenvalue weighted by Crippen LogP contribution is -2.62. The minimum atomic E-state index is -0.898. The fourth-order valence-corrected chi connectivity index (χ4v) is 2.41. The Balaban J connectivity index is 2.23. The van der Waals surface area contributed by atoms with Crippen LogP contribution >= 0.6 is 0 Å². The Kier molecular flexibility index (Phi) is 4.27. The molecule has 1 aromatic rings. The molecule has 114 valence electrons. The van der Waals surface area contributed by atoms with Crippen LogP contribution in [0.25, 0.3) is 0 Å². The Bertz CT molecular complexity index is 602. The Morgan fingerprint density at radius 3 is 2.71 bits per heavy atom. The summed E-state index contributed by atoms with van der Waals surface area (Å²) in [5, 5.41) is 14.8. The minimum Gasteiger partial charge on any atom is -0.409 e. The van der Waals surface area contributed by atoms with Gasteiger partial charge >= 0.3 is 0 Å². The molecule has 0 radical (unpaired) electrons. The molecule has 0 saturated carbocycles. The second-order valence-electron chi connectivity index (χ2n) is 5.25. The van der Waals surface area contributed by atoms with E-state index >= 15 is 0 Å². The zero-order valence-corrected chi connectivity index (χ0v) is 11.8. The smallest absolute Gasteiger partial charge is 0.268 e. The third kappa shape index (κ3) is 3.22. The molecule has 0 atom stereocenters. The lowest BCUT2D eigenvalue weighted by molar-refractivity contribution is 0.0881. The molecule has 1 aliphatic heterocycles. The van der Waals surface area contributed by atoms with Gasteiger partial charge in [-0.1, -0.05) is 11.2 Å². The highest BCUT2D eigenvalue weighted by molar-refractivity contribution is 5.99. The molecule has 1 fully saturated rings. The number of carbonyl (C=O) groups excluding carboxylic acids is 1. The number of pyridine rings is 1. The van der Waals surface area contributed by atoms with E-state index in [9.17, 15) is 9.59 Å². The number of hydrogen-bond donors (Lipinski definition) is 4. The Morgan fingerprint density at radius 1 is 1.48 bits per heavy atom. The Morgan fingerprint density at radius 2 is 2.14 bits per heavy atom. The largest absolute Gasteiger partial charge is 0.409 e. The number of amidine groups is 1. The van der Waals surface area contributed by atoms with Crippen LogP contribution in [-0.2, 0) is 0 Å². The number of carbonyl (C=O) groups is 1. The van der Waals surface area contributed by atoms with Gasteiger partial charge in [-0.05, 0) is 26.0 Å². The van der Waals surface area contributed by atoms with Crippen molar-refractivity contribution in [2.75, 3.05) is 20.1 Å². The van der Waals surface area contributed by atoms with Crippen molar-refractivity contribution in [3.63, 3.8) is 0 Å². The first kappa shape index (κ1) is 15.0. The highest BCUT2D eigenvalue weighted by Crippen LogP contribution is 2.22. The molecule has 0 bridgehead atoms. The number of oxime groups is 1. The van der Waals surface area contributed by atoms with Gasteiger partial charge in [0.25, 0.3) is 5.91 Å². The molecule has 21 heavy (non-hydrogen) atoms. The van der Waals surface area contributed by atoms with Crippen molar-refractivity contribution in [3.05, 3.63) is 34.2 Å². The van der Waals surface area contributed by atoms with Gasteiger partial charge in [-0.3, -0.25) is 9.59 Å². The van der Waals surface area contributed by atoms with Crippen LogP contribution in [0.5, 0.6) is 0 Å². The molecule has 2 heterocycles. The number of H-pyrrole nitrogens is 1. The lowest BCUT2D eigenvalue weighted by atomic mass is 9.86. The van der Waals surface area contributed by atoms with Gasteiger partial charge in [0.2, 0.25) is 5.56 Å². The highest BCUT2D eigenvalue weighted by Gasteiger charge is 2.39. The van der Waals surface area contributed by atoms with E-state index in [1.807, 2.05) is 7.05 Å². The van der Waals surface area contributed by atoms with Crippen LogP contribution < -0.4 is 16.6 Å². The summed E-state index contributed by atoms with van der Waals surface area (Å²) in [6, 6.07) is 4.33. The highest BCUT2D eigenvalue weighted by atomic mass is 16.4. The van der Waals surface area contributed by atoms with E-state index in [0.29, 0.717) is 25.9 Å². The molecule has 1 amide bonds. The van der Waals surface area contributed by atoms with Crippen molar-refractivity contribution in [3.8, 4) is 0 Å². The number of piperidine rings is 1. The molecular weight excluding hydrogens is 274 g/mol. The fraction of sp³-hybridized carbons (Fsp3) is 0.462. The van der Waals surface area contributed by atoms with E-state index in [-0.39, 0.29) is 17.1 Å². The van der Waals surface area contributed by atoms with Crippen molar-refractivity contribution in [1.82, 2.24) is 15.2 Å². The lowest BCUT2D eigenvalue weighted by Gasteiger charge is -2.40. The van der Waals surface area contributed by atoms with E-state index in [2.05, 4.69) is 20.4 Å². The van der Waals surface area contributed by atoms with Crippen LogP contribution in [0, 0.1) is 0 Å². The average Bonchev–Trinajstić information content (AvgIpc) is 2.49. The van der Waals surface area contributed by atoms with Gasteiger partial charge in [0.05, 0.1) is 0 Å². The molecule has 8 nitrogen and oxygen atoms in total. The van der Waals surface area contributed by atoms with Gasteiger partial charge in [0.15, 0.2) is 5.84 Å². The first-order valence-corrected chi connectivity index (χ1v) is 6.65. The summed E-state index contributed by atoms with van der Waals surface area (Å²) >= 11 is 0. The van der Waals surface area contributed by atoms with Crippen molar-refractivity contribution in [2.45, 2.75) is 18.4 Å². The number of hydrogen-bond acceptors (Lipinski definition) is 5. The molecule has 0 spiro atoms. The van der Waals surface area contributed by atoms with Crippen LogP contribution in [0.1, 0.15) is 23.3 Å². The van der Waals surface area contributed by atoms with Crippen LogP contribution in [0.4, 0.5) is 0 Å². The van der Waals surface area contributed by atoms with Crippen LogP contribution in [0.2, 0.25) is 0 Å². The monoisotopic (exact) mass is 293 g/mol. The summed E-state index contributed by atoms with van der Waals surface area (Å²) in [5.41, 5.74) is 4.67. The van der Waals surface area contributed by atoms with E-state index in [1.54, 1.807) is 0 Å². The summed E-state index contributed by atoms with van der Waals surface area (Å²) in [5.74, 6) is -0.480. The summed E-state index contributed by atoms with van der Waals surface area (Å²) in [6.07, 6.45) is 1.06. The quantitative estimate of drug-likeness (QED) is 0.254. The second kappa shape index (κ2) is 5.96. The Labute approximate surface area is 121 Å². The maximum Gasteiger partial charge on any atom is 0.268 e. The van der Waals surface area contributed by atoms with Gasteiger partial charge in [-0.25, -0.2) is 0 Å². The number of aromatic nitrogens is 1. The van der Waals surface area contributed by atoms with Gasteiger partial charge in [-0.15, -0.1) is 0 Å². The van der Waals surface area contributed by atoms with Gasteiger partial charge in [-0.2, -0.15) is 0 Å². The predicted octanol–water partition coefficient (Wildman–Crippen LogP) is -0.684. The molecule has 1 saturated heterocycles. The van der Waals surface area contributed by atoms with Crippen molar-refractivity contribution < 1.29 is 10.0 Å². The maximum atomic E-state index is 12.3. The summed E-state index contributed by atoms with van der Waals surface area (Å²) in [4.78, 5) is 28.1. The van der Waals surface area contributed by atoms with E-state index in [4.69, 9.17) is 10.9 Å². The number of nitrogens with one attached hydrogen (secondary N) is 2. The average molecular weight is 293 g/mol. The SMILES string of the molecule is CN1CCC(NC(=O)c2cccc(=O)[nH]2)(/C(N)=N/O)CC1. The second-order valence-corrected chi connectivity index (χ2v) is 5.25. The summed E-state index contributed by atoms with van der Waals surface area (Å²) < 4.78 is 0. The molecule has 0 unspecified atom stereocenters. The number of amides is 1. The van der Waals surface area contributed by atoms with E-state index in [1.165, 1.54) is 18.2 Å². The first-order chi connectivity index (χ1) is 9.97. The Hall–Kier alpha value is -2.35. The maximum absolute atomic E-state index is 12.3. The number of likely N-dealkylation sites (tertiary alicyclic amines) is 1. The zero-order chi connectivity index (χ0) is 15.5. The molecule has 0 aromatic carbocycles. The number of nitrogens with zero attached hydrogens (tertiary/aromatic N) is 2. The topological polar surface area (TPSA) is 124 Å². The standard InChI is InChI=1S/C13H19N5O3/c1-18-7-5-13(6-8-18,12(14)17-21)16-11(20)9-3-2-4-10(19)15-9/h2-4,21H,5-8H2,1H3,(H2,14,17)(H,15,19)(H,16,20). The first-order valence-electron chi connectivity index (χ1n) is 6.65. The number of aromatic amines is 1. The van der Waals surface area contributed by atoms with Crippen molar-refractivity contribution in [2.24, 2.45) is 10.9 Å². The molecule has 5 N–H and O–H groups in total. The van der Waals surface area contributed by atoms with E-state index in [0.717, 1.165) is 0 Å². The van der Waals surface area contributed by atoms with Crippen LogP contribution in [0.15, 0.2) is 28.1 Å². The molecule has 0 aliphatic carbocycles. The molecule has 1 aliphatic rings. The van der Waals surface area contributed by atoms with Crippen molar-refractivity contribution >= 4 is 11.7 Å². The van der Waals surface area contributed by atoms with Gasteiger partial charge in [0.1, 0.15) is 11.2 Å². The molecular formula is C13H19N5O3. The normalized spacial score (nSPS) is 19.2. The van der Waals surface area contributed by atoms with Gasteiger partial charge in [0, 0.05) is 19.2 Å². The number of nitrogens with two attached hydrogens (primary N) is 1. The van der Waals surface area contributed by atoms with E-state index < -0.39 is 11.4 Å². The molecule has 2 rings (SSSR count). The number of rotatable bonds is 3. The minimum absolute atomic E-state index is 0.0257.